The summed E-state index contributed by atoms with van der Waals surface area (Å²) in [5, 5.41) is 0.679. The molecule has 92 valence electrons. The Morgan fingerprint density at radius 3 is 2.31 bits per heavy atom. The molecule has 2 heterocycles. The number of carbonyl (C=O) groups excluding carboxylic acids is 1. The number of Topliss-reactive ketones (excluding diaryl/α,β-unsaturated/α-hetero) is 1. The van der Waals surface area contributed by atoms with Crippen molar-refractivity contribution in [1.82, 2.24) is 0 Å². The van der Waals surface area contributed by atoms with Gasteiger partial charge in [-0.2, -0.15) is 0 Å². The number of rotatable bonds is 4. The average Bonchev–Trinajstić information content (AvgIpc) is 2.50. The summed E-state index contributed by atoms with van der Waals surface area (Å²) in [7, 11) is -0.621. The quantitative estimate of drug-likeness (QED) is 0.759. The molecule has 2 atom stereocenters. The lowest BCUT2D eigenvalue weighted by molar-refractivity contribution is -0.123. The normalized spacial score (nSPS) is 37.9. The smallest absolute Gasteiger partial charge is 0.136 e. The Morgan fingerprint density at radius 2 is 1.81 bits per heavy atom. The molecule has 0 aliphatic carbocycles. The topological polar surface area (TPSA) is 34.1 Å². The van der Waals surface area contributed by atoms with E-state index in [0.717, 1.165) is 38.5 Å². The summed E-state index contributed by atoms with van der Waals surface area (Å²) in [6.45, 7) is 4.32. The van der Waals surface area contributed by atoms with Gasteiger partial charge in [0.25, 0.3) is 0 Å². The summed E-state index contributed by atoms with van der Waals surface area (Å²) >= 11 is 0. The van der Waals surface area contributed by atoms with Crippen LogP contribution in [0.4, 0.5) is 0 Å². The molecule has 16 heavy (non-hydrogen) atoms. The van der Waals surface area contributed by atoms with Gasteiger partial charge >= 0.3 is 0 Å². The molecule has 0 N–H and O–H groups in total. The van der Waals surface area contributed by atoms with E-state index >= 15 is 0 Å². The van der Waals surface area contributed by atoms with Crippen molar-refractivity contribution in [3.63, 3.8) is 0 Å². The van der Waals surface area contributed by atoms with E-state index in [1.165, 1.54) is 0 Å². The number of hydrogen-bond donors (Lipinski definition) is 0. The second-order valence-electron chi connectivity index (χ2n) is 5.72. The number of fused-ring (bicyclic) bond motifs is 2. The Kier molecular flexibility index (Phi) is 3.83. The van der Waals surface area contributed by atoms with E-state index in [9.17, 15) is 9.00 Å². The van der Waals surface area contributed by atoms with Crippen LogP contribution in [0.15, 0.2) is 0 Å². The fraction of sp³-hybridized carbons (Fsp3) is 0.923. The van der Waals surface area contributed by atoms with Gasteiger partial charge in [-0.1, -0.05) is 13.8 Å². The minimum atomic E-state index is -0.621. The third-order valence-corrected chi connectivity index (χ3v) is 6.16. The molecule has 2 aliphatic rings. The van der Waals surface area contributed by atoms with E-state index in [2.05, 4.69) is 13.8 Å². The maximum Gasteiger partial charge on any atom is 0.136 e. The second-order valence-corrected chi connectivity index (χ2v) is 7.71. The molecule has 2 bridgehead atoms. The van der Waals surface area contributed by atoms with E-state index < -0.39 is 10.8 Å². The second kappa shape index (κ2) is 4.99. The van der Waals surface area contributed by atoms with E-state index in [-0.39, 0.29) is 5.92 Å². The van der Waals surface area contributed by atoms with E-state index in [0.29, 0.717) is 22.2 Å². The van der Waals surface area contributed by atoms with Gasteiger partial charge in [0.05, 0.1) is 0 Å². The van der Waals surface area contributed by atoms with Gasteiger partial charge in [0.15, 0.2) is 0 Å². The van der Waals surface area contributed by atoms with Crippen LogP contribution in [0, 0.1) is 11.8 Å². The summed E-state index contributed by atoms with van der Waals surface area (Å²) in [5.74, 6) is 1.27. The Labute approximate surface area is 101 Å². The SMILES string of the molecule is CC(C)CCC(=O)C1CC2CCC(C1)S2=O. The predicted octanol–water partition coefficient (Wildman–Crippen LogP) is 2.68. The van der Waals surface area contributed by atoms with E-state index in [4.69, 9.17) is 0 Å². The van der Waals surface area contributed by atoms with Crippen LogP contribution in [0.3, 0.4) is 0 Å². The third-order valence-electron chi connectivity index (χ3n) is 3.99. The van der Waals surface area contributed by atoms with Gasteiger partial charge < -0.3 is 0 Å². The predicted molar refractivity (Wildman–Crippen MR) is 66.8 cm³/mol. The van der Waals surface area contributed by atoms with Crippen LogP contribution in [-0.4, -0.2) is 20.5 Å². The lowest BCUT2D eigenvalue weighted by Crippen LogP contribution is -2.32. The first kappa shape index (κ1) is 12.3. The van der Waals surface area contributed by atoms with Crippen molar-refractivity contribution in [3.05, 3.63) is 0 Å². The highest BCUT2D eigenvalue weighted by molar-refractivity contribution is 7.86. The number of ketones is 1. The van der Waals surface area contributed by atoms with Crippen LogP contribution in [0.25, 0.3) is 0 Å². The van der Waals surface area contributed by atoms with Crippen LogP contribution in [0.5, 0.6) is 0 Å². The molecule has 0 amide bonds. The molecular formula is C13H22O2S. The van der Waals surface area contributed by atoms with Crippen molar-refractivity contribution in [2.24, 2.45) is 11.8 Å². The Bertz CT molecular complexity index is 282. The van der Waals surface area contributed by atoms with Crippen molar-refractivity contribution < 1.29 is 9.00 Å². The summed E-state index contributed by atoms with van der Waals surface area (Å²) in [4.78, 5) is 12.0. The van der Waals surface area contributed by atoms with Gasteiger partial charge in [-0.3, -0.25) is 9.00 Å². The Balaban J connectivity index is 1.87. The number of carbonyl (C=O) groups is 1. The van der Waals surface area contributed by atoms with Crippen LogP contribution >= 0.6 is 0 Å². The molecule has 0 aromatic carbocycles. The van der Waals surface area contributed by atoms with Gasteiger partial charge in [0.2, 0.25) is 0 Å². The summed E-state index contributed by atoms with van der Waals surface area (Å²) in [6.07, 6.45) is 5.72. The molecule has 0 aromatic rings. The van der Waals surface area contributed by atoms with Gasteiger partial charge in [-0.15, -0.1) is 0 Å². The van der Waals surface area contributed by atoms with Crippen LogP contribution in [-0.2, 0) is 15.6 Å². The molecule has 2 rings (SSSR count). The van der Waals surface area contributed by atoms with Crippen molar-refractivity contribution >= 4 is 16.6 Å². The molecule has 2 fully saturated rings. The summed E-state index contributed by atoms with van der Waals surface area (Å²) in [5.41, 5.74) is 0. The molecule has 2 aliphatic heterocycles. The molecule has 2 unspecified atom stereocenters. The fourth-order valence-corrected chi connectivity index (χ4v) is 5.06. The van der Waals surface area contributed by atoms with Crippen molar-refractivity contribution in [3.8, 4) is 0 Å². The third kappa shape index (κ3) is 2.55. The molecule has 2 saturated heterocycles. The maximum atomic E-state index is 12.0. The van der Waals surface area contributed by atoms with Crippen molar-refractivity contribution in [1.29, 1.82) is 0 Å². The fourth-order valence-electron chi connectivity index (χ4n) is 2.93. The minimum absolute atomic E-state index is 0.231. The highest BCUT2D eigenvalue weighted by atomic mass is 32.2. The molecule has 0 aromatic heterocycles. The van der Waals surface area contributed by atoms with Gasteiger partial charge in [-0.05, 0) is 38.0 Å². The molecule has 0 spiro atoms. The average molecular weight is 242 g/mol. The highest BCUT2D eigenvalue weighted by Crippen LogP contribution is 2.39. The van der Waals surface area contributed by atoms with E-state index in [1.54, 1.807) is 0 Å². The van der Waals surface area contributed by atoms with Gasteiger partial charge in [0.1, 0.15) is 5.78 Å². The van der Waals surface area contributed by atoms with Gasteiger partial charge in [-0.25, -0.2) is 0 Å². The zero-order valence-corrected chi connectivity index (χ0v) is 11.1. The number of hydrogen-bond acceptors (Lipinski definition) is 2. The first-order valence-corrected chi connectivity index (χ1v) is 7.77. The molecule has 2 nitrogen and oxygen atoms in total. The molecule has 3 heteroatoms. The van der Waals surface area contributed by atoms with Crippen LogP contribution in [0.1, 0.15) is 52.4 Å². The molecule has 0 saturated carbocycles. The Hall–Kier alpha value is -0.180. The lowest BCUT2D eigenvalue weighted by Gasteiger charge is -2.26. The monoisotopic (exact) mass is 242 g/mol. The van der Waals surface area contributed by atoms with Crippen molar-refractivity contribution in [2.45, 2.75) is 62.9 Å². The molecule has 0 radical (unpaired) electrons. The summed E-state index contributed by atoms with van der Waals surface area (Å²) < 4.78 is 11.8. The zero-order chi connectivity index (χ0) is 11.7. The maximum absolute atomic E-state index is 12.0. The van der Waals surface area contributed by atoms with Gasteiger partial charge in [0, 0.05) is 33.6 Å². The largest absolute Gasteiger partial charge is 0.299 e. The lowest BCUT2D eigenvalue weighted by atomic mass is 9.90. The first-order chi connectivity index (χ1) is 7.58. The zero-order valence-electron chi connectivity index (χ0n) is 10.3. The van der Waals surface area contributed by atoms with E-state index in [1.807, 2.05) is 0 Å². The van der Waals surface area contributed by atoms with Crippen LogP contribution in [0.2, 0.25) is 0 Å². The van der Waals surface area contributed by atoms with Crippen LogP contribution < -0.4 is 0 Å². The standard InChI is InChI=1S/C13H22O2S/c1-9(2)3-6-13(14)10-7-11-4-5-12(8-10)16(11)15/h9-12H,3-8H2,1-2H3. The summed E-state index contributed by atoms with van der Waals surface area (Å²) in [6, 6.07) is 0. The Morgan fingerprint density at radius 1 is 1.25 bits per heavy atom. The highest BCUT2D eigenvalue weighted by Gasteiger charge is 2.42. The molecular weight excluding hydrogens is 220 g/mol. The first-order valence-electron chi connectivity index (χ1n) is 6.50. The van der Waals surface area contributed by atoms with Crippen molar-refractivity contribution in [2.75, 3.05) is 0 Å². The minimum Gasteiger partial charge on any atom is -0.299 e.